The van der Waals surface area contributed by atoms with Crippen LogP contribution >= 0.6 is 0 Å². The number of ether oxygens (including phenoxy) is 2. The van der Waals surface area contributed by atoms with Gasteiger partial charge in [-0.3, -0.25) is 4.79 Å². The highest BCUT2D eigenvalue weighted by molar-refractivity contribution is 6.74. The molecule has 2 atom stereocenters. The summed E-state index contributed by atoms with van der Waals surface area (Å²) in [7, 11) is -1.98. The second kappa shape index (κ2) is 11.5. The van der Waals surface area contributed by atoms with Gasteiger partial charge in [-0.05, 0) is 72.8 Å². The first-order valence-corrected chi connectivity index (χ1v) is 17.2. The van der Waals surface area contributed by atoms with Crippen molar-refractivity contribution in [2.75, 3.05) is 31.6 Å². The van der Waals surface area contributed by atoms with E-state index < -0.39 is 26.4 Å². The molecule has 2 aliphatic heterocycles. The zero-order chi connectivity index (χ0) is 29.4. The van der Waals surface area contributed by atoms with Gasteiger partial charge in [0.2, 0.25) is 8.32 Å². The number of carboxylic acid groups (broad SMARTS) is 1. The number of carbonyl (C=O) groups is 2. The summed E-state index contributed by atoms with van der Waals surface area (Å²) in [5, 5.41) is 17.9. The van der Waals surface area contributed by atoms with Crippen molar-refractivity contribution in [1.82, 2.24) is 14.7 Å². The third kappa shape index (κ3) is 6.26. The summed E-state index contributed by atoms with van der Waals surface area (Å²) >= 11 is 0. The fourth-order valence-electron chi connectivity index (χ4n) is 4.92. The van der Waals surface area contributed by atoms with Gasteiger partial charge in [0.1, 0.15) is 5.75 Å². The first kappa shape index (κ1) is 29.1. The number of benzene rings is 2. The van der Waals surface area contributed by atoms with Crippen molar-refractivity contribution < 1.29 is 28.6 Å². The Morgan fingerprint density at radius 1 is 1.07 bits per heavy atom. The molecule has 2 N–H and O–H groups in total. The molecule has 1 aromatic heterocycles. The number of morpholine rings is 1. The van der Waals surface area contributed by atoms with Crippen molar-refractivity contribution in [2.24, 2.45) is 0 Å². The quantitative estimate of drug-likeness (QED) is 0.338. The van der Waals surface area contributed by atoms with Gasteiger partial charge in [0, 0.05) is 18.5 Å². The van der Waals surface area contributed by atoms with Crippen LogP contribution in [0, 0.1) is 0 Å². The van der Waals surface area contributed by atoms with Gasteiger partial charge in [0.15, 0.2) is 12.3 Å². The predicted octanol–water partition coefficient (Wildman–Crippen LogP) is 6.10. The molecule has 2 aromatic carbocycles. The first-order valence-electron chi connectivity index (χ1n) is 14.3. The molecule has 41 heavy (non-hydrogen) atoms. The Bertz CT molecular complexity index is 1410. The Balaban J connectivity index is 1.48. The van der Waals surface area contributed by atoms with E-state index in [0.29, 0.717) is 12.3 Å². The molecule has 11 heteroatoms. The van der Waals surface area contributed by atoms with Crippen LogP contribution in [-0.4, -0.2) is 72.5 Å². The van der Waals surface area contributed by atoms with E-state index in [0.717, 1.165) is 47.0 Å². The van der Waals surface area contributed by atoms with E-state index in [9.17, 15) is 14.7 Å². The third-order valence-electron chi connectivity index (χ3n) is 8.40. The molecule has 1 unspecified atom stereocenters. The summed E-state index contributed by atoms with van der Waals surface area (Å²) in [5.41, 5.74) is 3.31. The molecule has 0 saturated carbocycles. The van der Waals surface area contributed by atoms with Crippen molar-refractivity contribution in [2.45, 2.75) is 70.5 Å². The Kier molecular flexibility index (Phi) is 8.13. The molecule has 0 bridgehead atoms. The van der Waals surface area contributed by atoms with Crippen molar-refractivity contribution in [3.8, 4) is 16.9 Å². The normalized spacial score (nSPS) is 20.2. The minimum atomic E-state index is -1.98. The van der Waals surface area contributed by atoms with Gasteiger partial charge in [0.25, 0.3) is 5.91 Å². The van der Waals surface area contributed by atoms with E-state index in [1.54, 1.807) is 6.20 Å². The first-order chi connectivity index (χ1) is 19.4. The summed E-state index contributed by atoms with van der Waals surface area (Å²) < 4.78 is 20.0. The molecule has 3 heterocycles. The summed E-state index contributed by atoms with van der Waals surface area (Å²) in [5.74, 6) is 0.446. The molecule has 10 nitrogen and oxygen atoms in total. The van der Waals surface area contributed by atoms with E-state index in [-0.39, 0.29) is 31.0 Å². The van der Waals surface area contributed by atoms with Crippen LogP contribution in [0.25, 0.3) is 22.0 Å². The lowest BCUT2D eigenvalue weighted by atomic mass is 10.0. The average molecular weight is 581 g/mol. The maximum Gasteiger partial charge on any atom is 0.407 e. The number of rotatable bonds is 6. The molecule has 0 aliphatic carbocycles. The third-order valence-corrected chi connectivity index (χ3v) is 12.8. The van der Waals surface area contributed by atoms with Crippen LogP contribution in [0.1, 0.15) is 46.3 Å². The van der Waals surface area contributed by atoms with Crippen LogP contribution in [0.5, 0.6) is 5.75 Å². The molecule has 2 aliphatic rings. The van der Waals surface area contributed by atoms with E-state index in [2.05, 4.69) is 50.3 Å². The topological polar surface area (TPSA) is 115 Å². The Morgan fingerprint density at radius 3 is 2.49 bits per heavy atom. The second-order valence-electron chi connectivity index (χ2n) is 12.3. The van der Waals surface area contributed by atoms with Gasteiger partial charge in [-0.1, -0.05) is 32.9 Å². The predicted molar refractivity (Wildman–Crippen MR) is 160 cm³/mol. The minimum absolute atomic E-state index is 0.0190. The van der Waals surface area contributed by atoms with Gasteiger partial charge in [-0.15, -0.1) is 0 Å². The van der Waals surface area contributed by atoms with Gasteiger partial charge in [0.05, 0.1) is 30.6 Å². The Hall–Kier alpha value is -3.41. The maximum absolute atomic E-state index is 13.3. The fourth-order valence-corrected chi connectivity index (χ4v) is 5.95. The molecule has 2 amide bonds. The van der Waals surface area contributed by atoms with E-state index >= 15 is 0 Å². The molecular weight excluding hydrogens is 540 g/mol. The number of anilines is 1. The molecule has 0 radical (unpaired) electrons. The summed E-state index contributed by atoms with van der Waals surface area (Å²) in [6.45, 7) is 12.2. The number of carbonyl (C=O) groups excluding carboxylic acids is 1. The Labute approximate surface area is 241 Å². The van der Waals surface area contributed by atoms with Crippen LogP contribution in [-0.2, 0) is 14.3 Å². The highest BCUT2D eigenvalue weighted by atomic mass is 28.4. The van der Waals surface area contributed by atoms with Crippen LogP contribution in [0.3, 0.4) is 0 Å². The number of nitrogens with one attached hydrogen (secondary N) is 1. The van der Waals surface area contributed by atoms with Crippen LogP contribution in [0.15, 0.2) is 42.6 Å². The number of hydrogen-bond acceptors (Lipinski definition) is 6. The lowest BCUT2D eigenvalue weighted by Gasteiger charge is -2.36. The van der Waals surface area contributed by atoms with Crippen molar-refractivity contribution in [1.29, 1.82) is 0 Å². The molecule has 220 valence electrons. The van der Waals surface area contributed by atoms with Gasteiger partial charge < -0.3 is 29.2 Å². The second-order valence-corrected chi connectivity index (χ2v) is 17.1. The number of amides is 2. The summed E-state index contributed by atoms with van der Waals surface area (Å²) in [6, 6.07) is 12.1. The fraction of sp³-hybridized carbons (Fsp3) is 0.500. The zero-order valence-corrected chi connectivity index (χ0v) is 25.5. The number of hydrogen-bond donors (Lipinski definition) is 2. The van der Waals surface area contributed by atoms with E-state index in [1.165, 1.54) is 4.90 Å². The molecular formula is C30H40N4O6Si. The van der Waals surface area contributed by atoms with Gasteiger partial charge in [-0.25, -0.2) is 9.48 Å². The smallest absolute Gasteiger partial charge is 0.407 e. The average Bonchev–Trinajstić information content (AvgIpc) is 3.37. The van der Waals surface area contributed by atoms with E-state index in [1.807, 2.05) is 35.0 Å². The largest absolute Gasteiger partial charge is 0.544 e. The SMILES string of the molecule is CC(C)(C)[Si](C)(C)Oc1ccc(-c2cc(NC(=O)[C@H]3CN(C(=O)O)CCO3)c3cnn(C4CCCCO4)c3c2)cc1. The molecule has 5 rings (SSSR count). The minimum Gasteiger partial charge on any atom is -0.544 e. The highest BCUT2D eigenvalue weighted by Crippen LogP contribution is 2.39. The van der Waals surface area contributed by atoms with Gasteiger partial charge in [-0.2, -0.15) is 5.10 Å². The standard InChI is InChI=1S/C30H40N4O6Si/c1-30(2,3)41(4,5)40-22-11-9-20(10-12-22)21-16-24(32-28(35)26-19-33(29(36)37)13-15-38-26)23-18-31-34(25(23)17-21)27-8-6-7-14-39-27/h9-12,16-18,26-27H,6-8,13-15,19H2,1-5H3,(H,32,35)(H,36,37)/t26-,27?/m1/s1. The molecule has 2 fully saturated rings. The summed E-state index contributed by atoms with van der Waals surface area (Å²) in [6.07, 6.45) is 2.56. The number of nitrogens with zero attached hydrogens (tertiary/aromatic N) is 3. The monoisotopic (exact) mass is 580 g/mol. The van der Waals surface area contributed by atoms with Crippen molar-refractivity contribution in [3.05, 3.63) is 42.6 Å². The van der Waals surface area contributed by atoms with Gasteiger partial charge >= 0.3 is 6.09 Å². The number of fused-ring (bicyclic) bond motifs is 1. The summed E-state index contributed by atoms with van der Waals surface area (Å²) in [4.78, 5) is 25.9. The zero-order valence-electron chi connectivity index (χ0n) is 24.5. The maximum atomic E-state index is 13.3. The van der Waals surface area contributed by atoms with Crippen LogP contribution in [0.4, 0.5) is 10.5 Å². The van der Waals surface area contributed by atoms with Crippen LogP contribution < -0.4 is 9.74 Å². The van der Waals surface area contributed by atoms with Crippen LogP contribution in [0.2, 0.25) is 18.1 Å². The Morgan fingerprint density at radius 2 is 1.83 bits per heavy atom. The molecule has 3 aromatic rings. The lowest BCUT2D eigenvalue weighted by Crippen LogP contribution is -2.49. The van der Waals surface area contributed by atoms with Crippen molar-refractivity contribution in [3.63, 3.8) is 0 Å². The molecule has 0 spiro atoms. The van der Waals surface area contributed by atoms with E-state index in [4.69, 9.17) is 13.9 Å². The van der Waals surface area contributed by atoms with Crippen molar-refractivity contribution >= 4 is 36.9 Å². The molecule has 2 saturated heterocycles. The number of aromatic nitrogens is 2. The highest BCUT2D eigenvalue weighted by Gasteiger charge is 2.39. The lowest BCUT2D eigenvalue weighted by molar-refractivity contribution is -0.131.